The van der Waals surface area contributed by atoms with Crippen LogP contribution in [0.5, 0.6) is 0 Å². The summed E-state index contributed by atoms with van der Waals surface area (Å²) in [5.74, 6) is -4.75. The lowest BCUT2D eigenvalue weighted by molar-refractivity contribution is -0.147. The van der Waals surface area contributed by atoms with Crippen molar-refractivity contribution in [3.05, 3.63) is 0 Å². The molecule has 0 bridgehead atoms. The number of nitrogens with one attached hydrogen (secondary N) is 4. The molecule has 0 atom stereocenters. The van der Waals surface area contributed by atoms with Gasteiger partial charge in [-0.2, -0.15) is 0 Å². The Kier molecular flexibility index (Phi) is 26.9. The van der Waals surface area contributed by atoms with Gasteiger partial charge in [-0.3, -0.25) is 19.2 Å². The number of rotatable bonds is 39. The Bertz CT molecular complexity index is 1110. The summed E-state index contributed by atoms with van der Waals surface area (Å²) in [4.78, 5) is 57.4. The average Bonchev–Trinajstić information content (AvgIpc) is 3.12. The molecule has 0 spiro atoms. The molecule has 340 valence electrons. The van der Waals surface area contributed by atoms with Crippen LogP contribution in [0.15, 0.2) is 0 Å². The third-order valence-electron chi connectivity index (χ3n) is 8.38. The lowest BCUT2D eigenvalue weighted by Gasteiger charge is -2.33. The van der Waals surface area contributed by atoms with Gasteiger partial charge in [-0.1, -0.05) is 0 Å². The van der Waals surface area contributed by atoms with Crippen LogP contribution in [0.25, 0.3) is 0 Å². The van der Waals surface area contributed by atoms with Crippen LogP contribution in [0.2, 0.25) is 0 Å². The number of amides is 1. The summed E-state index contributed by atoms with van der Waals surface area (Å²) in [7, 11) is 0. The van der Waals surface area contributed by atoms with Gasteiger partial charge in [-0.05, 0) is 55.4 Å². The van der Waals surface area contributed by atoms with Crippen LogP contribution in [0, 0.1) is 5.41 Å². The van der Waals surface area contributed by atoms with Crippen molar-refractivity contribution in [2.24, 2.45) is 5.41 Å². The standard InChI is InChI=1S/C37H70N4O17/c1-33(2,29(43)44)38-9-12-51-15-19-55-24-37(25-56-20-16-52-13-10-39-34(3,4)30(45)46,26-57-21-17-53-14-11-40-35(5,6)31(47)48)27-58-22-18-54-23-28(42)41-36(7,8)32(49)50/h38-40H,9-27H2,1-8H3,(H,41,42)(H,43,44)(H,45,46)(H,47,48)(H,49,50). The van der Waals surface area contributed by atoms with Crippen molar-refractivity contribution in [3.63, 3.8) is 0 Å². The van der Waals surface area contributed by atoms with Gasteiger partial charge in [0.2, 0.25) is 5.91 Å². The SMILES string of the molecule is CC(C)(NCCOCCOCC(COCCOCCNC(C)(C)C(=O)O)(COCCOCCNC(C)(C)C(=O)O)COCCOCC(=O)NC(C)(C)C(=O)O)C(=O)O. The Hall–Kier alpha value is -3.09. The van der Waals surface area contributed by atoms with E-state index in [-0.39, 0.29) is 106 Å². The molecule has 8 N–H and O–H groups in total. The number of hydrogen-bond donors (Lipinski definition) is 8. The molecule has 0 radical (unpaired) electrons. The monoisotopic (exact) mass is 842 g/mol. The summed E-state index contributed by atoms with van der Waals surface area (Å²) >= 11 is 0. The van der Waals surface area contributed by atoms with Gasteiger partial charge >= 0.3 is 23.9 Å². The zero-order valence-electron chi connectivity index (χ0n) is 35.5. The molecule has 0 heterocycles. The van der Waals surface area contributed by atoms with Crippen molar-refractivity contribution in [1.82, 2.24) is 21.3 Å². The number of carboxylic acids is 4. The molecule has 0 aromatic carbocycles. The van der Waals surface area contributed by atoms with Crippen molar-refractivity contribution >= 4 is 29.8 Å². The second-order valence-corrected chi connectivity index (χ2v) is 15.6. The number of carboxylic acid groups (broad SMARTS) is 4. The van der Waals surface area contributed by atoms with Crippen LogP contribution in [-0.2, 0) is 61.9 Å². The predicted octanol–water partition coefficient (Wildman–Crippen LogP) is -0.557. The molecular formula is C37H70N4O17. The first kappa shape index (κ1) is 54.9. The molecule has 0 aromatic rings. The van der Waals surface area contributed by atoms with E-state index in [1.165, 1.54) is 13.8 Å². The van der Waals surface area contributed by atoms with Gasteiger partial charge in [-0.25, -0.2) is 4.79 Å². The van der Waals surface area contributed by atoms with Gasteiger partial charge in [0.25, 0.3) is 0 Å². The Labute approximate surface area is 341 Å². The maximum atomic E-state index is 12.2. The zero-order valence-corrected chi connectivity index (χ0v) is 35.5. The minimum absolute atomic E-state index is 0.0151. The van der Waals surface area contributed by atoms with E-state index in [4.69, 9.17) is 37.9 Å². The van der Waals surface area contributed by atoms with E-state index in [0.717, 1.165) is 0 Å². The first-order valence-electron chi connectivity index (χ1n) is 19.1. The van der Waals surface area contributed by atoms with Crippen LogP contribution in [-0.4, -0.2) is 198 Å². The molecule has 21 nitrogen and oxygen atoms in total. The largest absolute Gasteiger partial charge is 0.480 e. The Balaban J connectivity index is 5.42. The van der Waals surface area contributed by atoms with Gasteiger partial charge in [-0.15, -0.1) is 0 Å². The third kappa shape index (κ3) is 25.4. The molecule has 0 aliphatic carbocycles. The smallest absolute Gasteiger partial charge is 0.328 e. The Morgan fingerprint density at radius 3 is 0.914 bits per heavy atom. The van der Waals surface area contributed by atoms with Crippen molar-refractivity contribution < 1.29 is 82.3 Å². The highest BCUT2D eigenvalue weighted by molar-refractivity contribution is 5.86. The number of hydrogen-bond acceptors (Lipinski definition) is 16. The number of carbonyl (C=O) groups excluding carboxylic acids is 1. The summed E-state index contributed by atoms with van der Waals surface area (Å²) in [6.07, 6.45) is 0. The van der Waals surface area contributed by atoms with Crippen LogP contribution in [0.4, 0.5) is 0 Å². The molecule has 1 amide bonds. The maximum Gasteiger partial charge on any atom is 0.328 e. The maximum absolute atomic E-state index is 12.2. The summed E-state index contributed by atoms with van der Waals surface area (Å²) in [6.45, 7) is 14.9. The van der Waals surface area contributed by atoms with E-state index in [9.17, 15) is 44.4 Å². The molecule has 0 fully saturated rings. The molecule has 21 heteroatoms. The van der Waals surface area contributed by atoms with Gasteiger partial charge < -0.3 is 79.6 Å². The van der Waals surface area contributed by atoms with Gasteiger partial charge in [0.05, 0.1) is 105 Å². The second-order valence-electron chi connectivity index (χ2n) is 15.6. The van der Waals surface area contributed by atoms with E-state index in [1.807, 2.05) is 0 Å². The summed E-state index contributed by atoms with van der Waals surface area (Å²) in [5, 5.41) is 48.1. The van der Waals surface area contributed by atoms with Crippen LogP contribution in [0.3, 0.4) is 0 Å². The van der Waals surface area contributed by atoms with Crippen molar-refractivity contribution in [2.45, 2.75) is 77.5 Å². The van der Waals surface area contributed by atoms with Crippen LogP contribution in [0.1, 0.15) is 55.4 Å². The third-order valence-corrected chi connectivity index (χ3v) is 8.38. The highest BCUT2D eigenvalue weighted by Crippen LogP contribution is 2.21. The average molecular weight is 843 g/mol. The lowest BCUT2D eigenvalue weighted by atomic mass is 9.92. The van der Waals surface area contributed by atoms with Crippen LogP contribution < -0.4 is 21.3 Å². The van der Waals surface area contributed by atoms with Crippen molar-refractivity contribution in [3.8, 4) is 0 Å². The van der Waals surface area contributed by atoms with Gasteiger partial charge in [0, 0.05) is 19.6 Å². The molecule has 0 aromatic heterocycles. The Morgan fingerprint density at radius 1 is 0.379 bits per heavy atom. The molecule has 58 heavy (non-hydrogen) atoms. The molecule has 0 rings (SSSR count). The van der Waals surface area contributed by atoms with E-state index < -0.39 is 57.4 Å². The van der Waals surface area contributed by atoms with Gasteiger partial charge in [0.1, 0.15) is 28.8 Å². The quantitative estimate of drug-likeness (QED) is 0.0360. The predicted molar refractivity (Wildman–Crippen MR) is 208 cm³/mol. The van der Waals surface area contributed by atoms with Crippen LogP contribution >= 0.6 is 0 Å². The first-order valence-corrected chi connectivity index (χ1v) is 19.1. The number of carbonyl (C=O) groups is 5. The van der Waals surface area contributed by atoms with E-state index in [2.05, 4.69) is 21.3 Å². The summed E-state index contributed by atoms with van der Waals surface area (Å²) < 4.78 is 46.1. The second kappa shape index (κ2) is 28.4. The van der Waals surface area contributed by atoms with Gasteiger partial charge in [0.15, 0.2) is 0 Å². The fourth-order valence-electron chi connectivity index (χ4n) is 4.32. The zero-order chi connectivity index (χ0) is 44.3. The van der Waals surface area contributed by atoms with E-state index >= 15 is 0 Å². The molecule has 0 aliphatic rings. The fraction of sp³-hybridized carbons (Fsp3) is 0.865. The first-order chi connectivity index (χ1) is 27.0. The molecule has 0 saturated carbocycles. The van der Waals surface area contributed by atoms with E-state index in [1.54, 1.807) is 41.5 Å². The lowest BCUT2D eigenvalue weighted by Crippen LogP contribution is -2.50. The summed E-state index contributed by atoms with van der Waals surface area (Å²) in [5.41, 5.74) is -5.66. The molecule has 0 aliphatic heterocycles. The highest BCUT2D eigenvalue weighted by atomic mass is 16.6. The topological polar surface area (TPSA) is 288 Å². The molecule has 0 saturated heterocycles. The van der Waals surface area contributed by atoms with Crippen molar-refractivity contribution in [2.75, 3.05) is 125 Å². The molecular weight excluding hydrogens is 772 g/mol. The number of aliphatic carboxylic acids is 4. The minimum Gasteiger partial charge on any atom is -0.480 e. The van der Waals surface area contributed by atoms with Crippen molar-refractivity contribution in [1.29, 1.82) is 0 Å². The normalized spacial score (nSPS) is 12.8. The highest BCUT2D eigenvalue weighted by Gasteiger charge is 2.33. The number of ether oxygens (including phenoxy) is 8. The minimum atomic E-state index is -1.46. The summed E-state index contributed by atoms with van der Waals surface area (Å²) in [6, 6.07) is 0. The Morgan fingerprint density at radius 2 is 0.638 bits per heavy atom. The molecule has 0 unspecified atom stereocenters. The van der Waals surface area contributed by atoms with E-state index in [0.29, 0.717) is 19.6 Å². The fourth-order valence-corrected chi connectivity index (χ4v) is 4.32.